The summed E-state index contributed by atoms with van der Waals surface area (Å²) in [6, 6.07) is 6.85. The molecule has 1 aromatic carbocycles. The maximum Gasteiger partial charge on any atom is 0.184 e. The summed E-state index contributed by atoms with van der Waals surface area (Å²) in [5, 5.41) is 0.569. The lowest BCUT2D eigenvalue weighted by molar-refractivity contribution is 0.566. The van der Waals surface area contributed by atoms with Gasteiger partial charge in [0.1, 0.15) is 10.8 Å². The Bertz CT molecular complexity index is 696. The molecule has 108 valence electrons. The number of hydrogen-bond donors (Lipinski definition) is 1. The molecule has 6 heteroatoms. The lowest BCUT2D eigenvalue weighted by Gasteiger charge is -2.14. The number of aromatic nitrogens is 1. The van der Waals surface area contributed by atoms with E-state index in [9.17, 15) is 8.42 Å². The molecule has 1 heterocycles. The lowest BCUT2D eigenvalue weighted by atomic mass is 10.1. The van der Waals surface area contributed by atoms with Crippen molar-refractivity contribution in [3.05, 3.63) is 45.9 Å². The molecule has 0 radical (unpaired) electrons. The van der Waals surface area contributed by atoms with Gasteiger partial charge < -0.3 is 5.73 Å². The second-order valence-electron chi connectivity index (χ2n) is 5.41. The summed E-state index contributed by atoms with van der Waals surface area (Å²) >= 11 is 1.35. The van der Waals surface area contributed by atoms with Crippen LogP contribution in [0.4, 0.5) is 0 Å². The van der Waals surface area contributed by atoms with E-state index < -0.39 is 15.4 Å². The van der Waals surface area contributed by atoms with Crippen LogP contribution in [0.25, 0.3) is 0 Å². The average molecular weight is 310 g/mol. The lowest BCUT2D eigenvalue weighted by Crippen LogP contribution is -2.27. The van der Waals surface area contributed by atoms with Crippen molar-refractivity contribution < 1.29 is 8.42 Å². The molecule has 0 aliphatic heterocycles. The molecule has 0 saturated carbocycles. The normalized spacial score (nSPS) is 12.6. The molecular formula is C14H18N2O2S2. The van der Waals surface area contributed by atoms with Crippen LogP contribution in [0.1, 0.15) is 29.3 Å². The third kappa shape index (κ3) is 3.45. The van der Waals surface area contributed by atoms with Crippen molar-refractivity contribution in [1.29, 1.82) is 0 Å². The third-order valence-electron chi connectivity index (χ3n) is 2.88. The summed E-state index contributed by atoms with van der Waals surface area (Å²) in [6.45, 7) is 5.67. The van der Waals surface area contributed by atoms with Gasteiger partial charge in [0.15, 0.2) is 9.84 Å². The number of thiazole rings is 1. The highest BCUT2D eigenvalue weighted by molar-refractivity contribution is 7.90. The zero-order chi connectivity index (χ0) is 15.0. The highest BCUT2D eigenvalue weighted by atomic mass is 32.2. The smallest absolute Gasteiger partial charge is 0.184 e. The van der Waals surface area contributed by atoms with Gasteiger partial charge in [0, 0.05) is 16.6 Å². The zero-order valence-electron chi connectivity index (χ0n) is 11.8. The van der Waals surface area contributed by atoms with Crippen molar-refractivity contribution in [3.8, 4) is 0 Å². The fourth-order valence-electron chi connectivity index (χ4n) is 1.67. The van der Waals surface area contributed by atoms with Crippen molar-refractivity contribution in [2.24, 2.45) is 5.73 Å². The quantitative estimate of drug-likeness (QED) is 0.942. The van der Waals surface area contributed by atoms with Gasteiger partial charge in [-0.3, -0.25) is 0 Å². The van der Waals surface area contributed by atoms with Crippen LogP contribution in [-0.2, 0) is 21.1 Å². The molecule has 0 fully saturated rings. The number of nitrogens with two attached hydrogens (primary N) is 1. The van der Waals surface area contributed by atoms with E-state index in [-0.39, 0.29) is 5.75 Å². The van der Waals surface area contributed by atoms with Gasteiger partial charge >= 0.3 is 0 Å². The Morgan fingerprint density at radius 1 is 1.25 bits per heavy atom. The number of rotatable bonds is 4. The molecule has 2 aromatic rings. The van der Waals surface area contributed by atoms with E-state index in [1.807, 2.05) is 20.8 Å². The van der Waals surface area contributed by atoms with Crippen LogP contribution >= 0.6 is 11.3 Å². The first kappa shape index (κ1) is 15.2. The highest BCUT2D eigenvalue weighted by Gasteiger charge is 2.21. The van der Waals surface area contributed by atoms with E-state index in [0.717, 1.165) is 10.4 Å². The topological polar surface area (TPSA) is 73.0 Å². The highest BCUT2D eigenvalue weighted by Crippen LogP contribution is 2.26. The first-order valence-corrected chi connectivity index (χ1v) is 8.69. The van der Waals surface area contributed by atoms with Gasteiger partial charge in [-0.05, 0) is 32.9 Å². The van der Waals surface area contributed by atoms with Crippen LogP contribution < -0.4 is 5.73 Å². The van der Waals surface area contributed by atoms with Gasteiger partial charge in [-0.25, -0.2) is 13.4 Å². The van der Waals surface area contributed by atoms with E-state index in [2.05, 4.69) is 4.98 Å². The first-order valence-electron chi connectivity index (χ1n) is 6.22. The molecule has 0 amide bonds. The summed E-state index contributed by atoms with van der Waals surface area (Å²) < 4.78 is 24.6. The van der Waals surface area contributed by atoms with Crippen LogP contribution in [0, 0.1) is 6.92 Å². The largest absolute Gasteiger partial charge is 0.321 e. The Hall–Kier alpha value is -1.24. The standard InChI is InChI=1S/C14H18N2O2S2/c1-10-4-6-11(7-5-10)20(17,18)9-13-16-8-12(19-13)14(2,3)15/h4-8H,9,15H2,1-3H3. The second-order valence-corrected chi connectivity index (χ2v) is 8.52. The molecule has 0 aliphatic rings. The summed E-state index contributed by atoms with van der Waals surface area (Å²) in [5.41, 5.74) is 6.52. The van der Waals surface area contributed by atoms with Crippen LogP contribution in [-0.4, -0.2) is 13.4 Å². The van der Waals surface area contributed by atoms with Crippen molar-refractivity contribution in [1.82, 2.24) is 4.98 Å². The monoisotopic (exact) mass is 310 g/mol. The fraction of sp³-hybridized carbons (Fsp3) is 0.357. The molecule has 1 aromatic heterocycles. The van der Waals surface area contributed by atoms with Crippen molar-refractivity contribution >= 4 is 21.2 Å². The van der Waals surface area contributed by atoms with Gasteiger partial charge in [-0.15, -0.1) is 11.3 Å². The molecule has 2 rings (SSSR count). The summed E-state index contributed by atoms with van der Waals surface area (Å²) in [6.07, 6.45) is 1.66. The van der Waals surface area contributed by atoms with Crippen molar-refractivity contribution in [2.75, 3.05) is 0 Å². The van der Waals surface area contributed by atoms with Crippen LogP contribution in [0.3, 0.4) is 0 Å². The number of nitrogens with zero attached hydrogens (tertiary/aromatic N) is 1. The Balaban J connectivity index is 2.25. The summed E-state index contributed by atoms with van der Waals surface area (Å²) in [5.74, 6) is -0.0865. The number of sulfone groups is 1. The SMILES string of the molecule is Cc1ccc(S(=O)(=O)Cc2ncc(C(C)(C)N)s2)cc1. The molecule has 20 heavy (non-hydrogen) atoms. The molecule has 0 spiro atoms. The molecule has 0 atom stereocenters. The van der Waals surface area contributed by atoms with E-state index in [1.165, 1.54) is 11.3 Å². The van der Waals surface area contributed by atoms with Crippen LogP contribution in [0.5, 0.6) is 0 Å². The fourth-order valence-corrected chi connectivity index (χ4v) is 4.21. The van der Waals surface area contributed by atoms with Crippen molar-refractivity contribution in [2.45, 2.75) is 37.0 Å². The number of benzene rings is 1. The summed E-state index contributed by atoms with van der Waals surface area (Å²) in [4.78, 5) is 5.38. The number of aryl methyl sites for hydroxylation is 1. The zero-order valence-corrected chi connectivity index (χ0v) is 13.4. The molecular weight excluding hydrogens is 292 g/mol. The van der Waals surface area contributed by atoms with Gasteiger partial charge in [0.2, 0.25) is 0 Å². The Kier molecular flexibility index (Phi) is 4.00. The molecule has 0 bridgehead atoms. The van der Waals surface area contributed by atoms with E-state index in [1.54, 1.807) is 30.5 Å². The Morgan fingerprint density at radius 3 is 2.35 bits per heavy atom. The minimum Gasteiger partial charge on any atom is -0.321 e. The van der Waals surface area contributed by atoms with Crippen LogP contribution in [0.15, 0.2) is 35.4 Å². The van der Waals surface area contributed by atoms with E-state index in [4.69, 9.17) is 5.73 Å². The Labute approximate surface area is 123 Å². The predicted molar refractivity (Wildman–Crippen MR) is 81.4 cm³/mol. The minimum atomic E-state index is -3.36. The summed E-state index contributed by atoms with van der Waals surface area (Å²) in [7, 11) is -3.36. The van der Waals surface area contributed by atoms with Gasteiger partial charge in [-0.2, -0.15) is 0 Å². The second kappa shape index (κ2) is 5.27. The van der Waals surface area contributed by atoms with Gasteiger partial charge in [-0.1, -0.05) is 17.7 Å². The van der Waals surface area contributed by atoms with Gasteiger partial charge in [0.25, 0.3) is 0 Å². The molecule has 0 aliphatic carbocycles. The Morgan fingerprint density at radius 2 is 1.85 bits per heavy atom. The number of hydrogen-bond acceptors (Lipinski definition) is 5. The molecule has 0 unspecified atom stereocenters. The molecule has 2 N–H and O–H groups in total. The molecule has 0 saturated heterocycles. The van der Waals surface area contributed by atoms with E-state index in [0.29, 0.717) is 9.90 Å². The maximum atomic E-state index is 12.3. The third-order valence-corrected chi connectivity index (χ3v) is 6.05. The van der Waals surface area contributed by atoms with Crippen LogP contribution in [0.2, 0.25) is 0 Å². The predicted octanol–water partition coefficient (Wildman–Crippen LogP) is 2.62. The average Bonchev–Trinajstić information content (AvgIpc) is 2.77. The van der Waals surface area contributed by atoms with Crippen molar-refractivity contribution in [3.63, 3.8) is 0 Å². The maximum absolute atomic E-state index is 12.3. The molecule has 4 nitrogen and oxygen atoms in total. The van der Waals surface area contributed by atoms with Gasteiger partial charge in [0.05, 0.1) is 4.90 Å². The first-order chi connectivity index (χ1) is 9.18. The van der Waals surface area contributed by atoms with E-state index >= 15 is 0 Å². The minimum absolute atomic E-state index is 0.0865.